The number of nitrogens with one attached hydrogen (secondary N) is 1. The van der Waals surface area contributed by atoms with Gasteiger partial charge >= 0.3 is 5.69 Å². The van der Waals surface area contributed by atoms with Crippen LogP contribution in [0, 0.1) is 5.82 Å². The van der Waals surface area contributed by atoms with Gasteiger partial charge in [0.2, 0.25) is 0 Å². The molecule has 5 nitrogen and oxygen atoms in total. The first-order valence-electron chi connectivity index (χ1n) is 6.29. The lowest BCUT2D eigenvalue weighted by atomic mass is 10.1. The largest absolute Gasteiger partial charge is 0.344 e. The highest BCUT2D eigenvalue weighted by Gasteiger charge is 2.14. The molecular formula is C13H17FN4OS. The lowest BCUT2D eigenvalue weighted by Gasteiger charge is -2.13. The van der Waals surface area contributed by atoms with Crippen molar-refractivity contribution in [2.75, 3.05) is 5.75 Å². The van der Waals surface area contributed by atoms with E-state index in [0.717, 1.165) is 5.56 Å². The van der Waals surface area contributed by atoms with E-state index in [2.05, 4.69) is 10.2 Å². The lowest BCUT2D eigenvalue weighted by molar-refractivity contribution is 0.533. The minimum absolute atomic E-state index is 0.0331. The van der Waals surface area contributed by atoms with Gasteiger partial charge in [-0.15, -0.1) is 5.10 Å². The van der Waals surface area contributed by atoms with Gasteiger partial charge in [-0.1, -0.05) is 23.9 Å². The van der Waals surface area contributed by atoms with Crippen LogP contribution in [0.25, 0.3) is 0 Å². The number of rotatable bonds is 5. The zero-order valence-corrected chi connectivity index (χ0v) is 12.2. The molecule has 1 atom stereocenters. The van der Waals surface area contributed by atoms with Crippen LogP contribution in [0.4, 0.5) is 4.39 Å². The molecule has 0 aliphatic rings. The topological polar surface area (TPSA) is 76.7 Å². The third-order valence-corrected chi connectivity index (χ3v) is 3.95. The molecule has 0 saturated carbocycles. The first kappa shape index (κ1) is 14.8. The zero-order valence-electron chi connectivity index (χ0n) is 11.3. The Hall–Kier alpha value is -1.60. The molecule has 108 valence electrons. The molecule has 1 aromatic carbocycles. The maximum Gasteiger partial charge on any atom is 0.344 e. The number of thioether (sulfide) groups is 1. The summed E-state index contributed by atoms with van der Waals surface area (Å²) in [6, 6.07) is 5.90. The molecule has 0 spiro atoms. The van der Waals surface area contributed by atoms with Gasteiger partial charge in [0.15, 0.2) is 5.16 Å². The second-order valence-electron chi connectivity index (χ2n) is 4.74. The Balaban J connectivity index is 2.05. The molecule has 0 bridgehead atoms. The Morgan fingerprint density at radius 3 is 2.65 bits per heavy atom. The average Bonchev–Trinajstić information content (AvgIpc) is 2.78. The number of aromatic amines is 1. The van der Waals surface area contributed by atoms with Crippen LogP contribution < -0.4 is 11.4 Å². The van der Waals surface area contributed by atoms with Crippen molar-refractivity contribution < 1.29 is 4.39 Å². The molecule has 0 amide bonds. The van der Waals surface area contributed by atoms with Crippen LogP contribution in [0.1, 0.15) is 31.5 Å². The predicted octanol–water partition coefficient (Wildman–Crippen LogP) is 2.08. The lowest BCUT2D eigenvalue weighted by Crippen LogP contribution is -2.20. The number of hydrogen-bond acceptors (Lipinski definition) is 4. The normalized spacial score (nSPS) is 12.8. The van der Waals surface area contributed by atoms with E-state index < -0.39 is 0 Å². The zero-order chi connectivity index (χ0) is 14.7. The molecular weight excluding hydrogens is 279 g/mol. The molecule has 2 aromatic rings. The summed E-state index contributed by atoms with van der Waals surface area (Å²) in [7, 11) is 0. The van der Waals surface area contributed by atoms with E-state index in [9.17, 15) is 9.18 Å². The Kier molecular flexibility index (Phi) is 4.61. The van der Waals surface area contributed by atoms with E-state index >= 15 is 0 Å². The average molecular weight is 296 g/mol. The fourth-order valence-corrected chi connectivity index (χ4v) is 2.88. The highest BCUT2D eigenvalue weighted by Crippen LogP contribution is 2.22. The quantitative estimate of drug-likeness (QED) is 0.828. The van der Waals surface area contributed by atoms with E-state index in [1.165, 1.54) is 23.9 Å². The summed E-state index contributed by atoms with van der Waals surface area (Å²) in [5, 5.41) is 7.04. The van der Waals surface area contributed by atoms with Crippen LogP contribution in [-0.4, -0.2) is 20.5 Å². The molecule has 1 aromatic heterocycles. The summed E-state index contributed by atoms with van der Waals surface area (Å²) < 4.78 is 14.4. The van der Waals surface area contributed by atoms with Crippen molar-refractivity contribution in [1.82, 2.24) is 14.8 Å². The summed E-state index contributed by atoms with van der Waals surface area (Å²) in [6.45, 7) is 3.84. The summed E-state index contributed by atoms with van der Waals surface area (Å²) in [6.07, 6.45) is 0. The molecule has 0 saturated heterocycles. The van der Waals surface area contributed by atoms with Crippen molar-refractivity contribution in [2.24, 2.45) is 5.73 Å². The number of aromatic nitrogens is 3. The van der Waals surface area contributed by atoms with Crippen molar-refractivity contribution in [3.05, 3.63) is 46.1 Å². The summed E-state index contributed by atoms with van der Waals surface area (Å²) in [5.41, 5.74) is 6.69. The van der Waals surface area contributed by atoms with Gasteiger partial charge in [0.1, 0.15) is 5.82 Å². The second kappa shape index (κ2) is 6.23. The van der Waals surface area contributed by atoms with E-state index in [1.54, 1.807) is 16.7 Å². The van der Waals surface area contributed by atoms with E-state index in [0.29, 0.717) is 10.9 Å². The molecule has 1 unspecified atom stereocenters. The van der Waals surface area contributed by atoms with Crippen LogP contribution in [0.2, 0.25) is 0 Å². The van der Waals surface area contributed by atoms with Gasteiger partial charge in [-0.3, -0.25) is 4.57 Å². The van der Waals surface area contributed by atoms with Crippen LogP contribution >= 0.6 is 11.8 Å². The van der Waals surface area contributed by atoms with Crippen LogP contribution in [0.3, 0.4) is 0 Å². The Labute approximate surface area is 120 Å². The van der Waals surface area contributed by atoms with Crippen molar-refractivity contribution in [3.8, 4) is 0 Å². The fraction of sp³-hybridized carbons (Fsp3) is 0.385. The Morgan fingerprint density at radius 2 is 2.05 bits per heavy atom. The third-order valence-electron chi connectivity index (χ3n) is 2.88. The van der Waals surface area contributed by atoms with Crippen molar-refractivity contribution in [2.45, 2.75) is 31.1 Å². The van der Waals surface area contributed by atoms with Gasteiger partial charge in [-0.25, -0.2) is 14.3 Å². The Bertz CT molecular complexity index is 620. The molecule has 20 heavy (non-hydrogen) atoms. The first-order chi connectivity index (χ1) is 9.49. The minimum Gasteiger partial charge on any atom is -0.323 e. The van der Waals surface area contributed by atoms with Gasteiger partial charge in [-0.05, 0) is 31.5 Å². The third kappa shape index (κ3) is 3.29. The van der Waals surface area contributed by atoms with Crippen molar-refractivity contribution in [1.29, 1.82) is 0 Å². The molecule has 1 heterocycles. The summed E-state index contributed by atoms with van der Waals surface area (Å²) in [4.78, 5) is 11.6. The minimum atomic E-state index is -0.283. The first-order valence-corrected chi connectivity index (χ1v) is 7.28. The number of nitrogens with two attached hydrogens (primary N) is 1. The highest BCUT2D eigenvalue weighted by molar-refractivity contribution is 7.99. The number of benzene rings is 1. The predicted molar refractivity (Wildman–Crippen MR) is 77.3 cm³/mol. The number of H-pyrrole nitrogens is 1. The second-order valence-corrected chi connectivity index (χ2v) is 5.73. The summed E-state index contributed by atoms with van der Waals surface area (Å²) >= 11 is 1.41. The molecule has 0 aliphatic carbocycles. The maximum atomic E-state index is 12.8. The molecule has 2 rings (SSSR count). The van der Waals surface area contributed by atoms with Crippen molar-refractivity contribution >= 4 is 11.8 Å². The fourth-order valence-electron chi connectivity index (χ4n) is 1.82. The standard InChI is InChI=1S/C13H17FN4OS/c1-8(2)18-12(19)16-17-13(18)20-7-11(15)9-3-5-10(14)6-4-9/h3-6,8,11H,7,15H2,1-2H3,(H,16,19). The monoisotopic (exact) mass is 296 g/mol. The van der Waals surface area contributed by atoms with E-state index in [4.69, 9.17) is 5.73 Å². The van der Waals surface area contributed by atoms with E-state index in [-0.39, 0.29) is 23.6 Å². The van der Waals surface area contributed by atoms with Gasteiger partial charge in [0.05, 0.1) is 0 Å². The van der Waals surface area contributed by atoms with Crippen LogP contribution in [-0.2, 0) is 0 Å². The molecule has 7 heteroatoms. The van der Waals surface area contributed by atoms with Gasteiger partial charge in [0, 0.05) is 17.8 Å². The SMILES string of the molecule is CC(C)n1c(SCC(N)c2ccc(F)cc2)n[nH]c1=O. The van der Waals surface area contributed by atoms with Gasteiger partial charge in [-0.2, -0.15) is 0 Å². The number of hydrogen-bond donors (Lipinski definition) is 2. The van der Waals surface area contributed by atoms with Gasteiger partial charge in [0.25, 0.3) is 0 Å². The Morgan fingerprint density at radius 1 is 1.40 bits per heavy atom. The molecule has 3 N–H and O–H groups in total. The number of halogens is 1. The molecule has 0 aliphatic heterocycles. The number of nitrogens with zero attached hydrogens (tertiary/aromatic N) is 2. The maximum absolute atomic E-state index is 12.8. The highest BCUT2D eigenvalue weighted by atomic mass is 32.2. The smallest absolute Gasteiger partial charge is 0.323 e. The van der Waals surface area contributed by atoms with Crippen LogP contribution in [0.15, 0.2) is 34.2 Å². The van der Waals surface area contributed by atoms with E-state index in [1.807, 2.05) is 13.8 Å². The van der Waals surface area contributed by atoms with Crippen LogP contribution in [0.5, 0.6) is 0 Å². The van der Waals surface area contributed by atoms with Crippen molar-refractivity contribution in [3.63, 3.8) is 0 Å². The molecule has 0 fully saturated rings. The molecule has 0 radical (unpaired) electrons. The van der Waals surface area contributed by atoms with Gasteiger partial charge < -0.3 is 5.73 Å². The summed E-state index contributed by atoms with van der Waals surface area (Å²) in [5.74, 6) is 0.275.